The second-order valence-corrected chi connectivity index (χ2v) is 11.8. The van der Waals surface area contributed by atoms with Crippen molar-refractivity contribution in [2.45, 2.75) is 75.5 Å². The van der Waals surface area contributed by atoms with Gasteiger partial charge in [-0.3, -0.25) is 14.6 Å². The molecule has 4 fully saturated rings. The van der Waals surface area contributed by atoms with Gasteiger partial charge >= 0.3 is 0 Å². The van der Waals surface area contributed by atoms with E-state index in [4.69, 9.17) is 0 Å². The Bertz CT molecular complexity index is 939. The number of piperidine rings is 1. The number of benzene rings is 1. The molecule has 2 aliphatic heterocycles. The quantitative estimate of drug-likeness (QED) is 0.733. The lowest BCUT2D eigenvalue weighted by molar-refractivity contribution is -0.141. The zero-order valence-electron chi connectivity index (χ0n) is 20.2. The molecule has 2 heterocycles. The molecule has 2 bridgehead atoms. The second kappa shape index (κ2) is 7.69. The van der Waals surface area contributed by atoms with Crippen LogP contribution in [0.1, 0.15) is 57.1 Å². The molecule has 0 radical (unpaired) electrons. The van der Waals surface area contributed by atoms with Gasteiger partial charge in [0.25, 0.3) is 0 Å². The smallest absolute Gasteiger partial charge is 0.225 e. The monoisotopic (exact) mass is 453 g/mol. The fourth-order valence-corrected chi connectivity index (χ4v) is 7.72. The fraction of sp³-hybridized carbons (Fsp3) is 0.741. The summed E-state index contributed by atoms with van der Waals surface area (Å²) in [5.74, 6) is 1.14. The van der Waals surface area contributed by atoms with Crippen LogP contribution in [0.25, 0.3) is 0 Å². The topological polar surface area (TPSA) is 67.2 Å². The number of rotatable bonds is 4. The Morgan fingerprint density at radius 1 is 1.12 bits per heavy atom. The Balaban J connectivity index is 1.31. The van der Waals surface area contributed by atoms with Gasteiger partial charge in [0.2, 0.25) is 5.91 Å². The standard InChI is InChI=1S/C27H39N3O3/c1-18(2)28-9-11-29(12-10-28)25(32)21-15-26-7-8-30(17-19-3-4-19)24(27(26,33)16-21)13-20-5-6-22(31)14-23(20)26/h5-6,14,18-19,21,24,31,33H,3-4,7-13,15-17H2,1-2H3/t21-,24-,26-,27-/m1/s1. The number of amides is 1. The maximum Gasteiger partial charge on any atom is 0.225 e. The summed E-state index contributed by atoms with van der Waals surface area (Å²) >= 11 is 0. The van der Waals surface area contributed by atoms with Crippen molar-refractivity contribution in [1.82, 2.24) is 14.7 Å². The van der Waals surface area contributed by atoms with E-state index in [0.717, 1.165) is 63.6 Å². The van der Waals surface area contributed by atoms with Gasteiger partial charge in [-0.2, -0.15) is 0 Å². The number of piperazine rings is 1. The van der Waals surface area contributed by atoms with Crippen LogP contribution in [0.5, 0.6) is 5.75 Å². The van der Waals surface area contributed by atoms with E-state index in [1.54, 1.807) is 6.07 Å². The Labute approximate surface area is 197 Å². The molecule has 6 nitrogen and oxygen atoms in total. The number of nitrogens with zero attached hydrogens (tertiary/aromatic N) is 3. The summed E-state index contributed by atoms with van der Waals surface area (Å²) in [5, 5.41) is 22.8. The number of phenolic OH excluding ortho intramolecular Hbond substituents is 1. The van der Waals surface area contributed by atoms with E-state index in [0.29, 0.717) is 18.9 Å². The minimum atomic E-state index is -0.902. The number of hydrogen-bond acceptors (Lipinski definition) is 5. The number of carbonyl (C=O) groups is 1. The van der Waals surface area contributed by atoms with Gasteiger partial charge in [0.1, 0.15) is 5.75 Å². The molecule has 4 atom stereocenters. The molecular formula is C27H39N3O3. The molecule has 0 unspecified atom stereocenters. The molecule has 2 N–H and O–H groups in total. The van der Waals surface area contributed by atoms with Crippen LogP contribution in [-0.2, 0) is 16.6 Å². The molecule has 1 amide bonds. The van der Waals surface area contributed by atoms with Crippen LogP contribution in [0.3, 0.4) is 0 Å². The summed E-state index contributed by atoms with van der Waals surface area (Å²) in [5.41, 5.74) is 1.03. The van der Waals surface area contributed by atoms with E-state index in [1.165, 1.54) is 18.4 Å². The Morgan fingerprint density at radius 2 is 1.88 bits per heavy atom. The largest absolute Gasteiger partial charge is 0.508 e. The Kier molecular flexibility index (Phi) is 5.10. The van der Waals surface area contributed by atoms with Gasteiger partial charge in [0.15, 0.2) is 0 Å². The van der Waals surface area contributed by atoms with E-state index in [9.17, 15) is 15.0 Å². The molecular weight excluding hydrogens is 414 g/mol. The van der Waals surface area contributed by atoms with Gasteiger partial charge < -0.3 is 15.1 Å². The van der Waals surface area contributed by atoms with Crippen LogP contribution in [0.15, 0.2) is 18.2 Å². The summed E-state index contributed by atoms with van der Waals surface area (Å²) in [7, 11) is 0. The number of likely N-dealkylation sites (tertiary alicyclic amines) is 1. The first-order valence-corrected chi connectivity index (χ1v) is 13.1. The van der Waals surface area contributed by atoms with E-state index >= 15 is 0 Å². The van der Waals surface area contributed by atoms with Crippen LogP contribution in [0, 0.1) is 11.8 Å². The summed E-state index contributed by atoms with van der Waals surface area (Å²) < 4.78 is 0. The minimum Gasteiger partial charge on any atom is -0.508 e. The first kappa shape index (κ1) is 21.9. The Hall–Kier alpha value is -1.63. The molecule has 5 aliphatic rings. The maximum absolute atomic E-state index is 13.7. The van der Waals surface area contributed by atoms with Crippen LogP contribution in [0.4, 0.5) is 0 Å². The molecule has 0 spiro atoms. The lowest BCUT2D eigenvalue weighted by atomic mass is 9.56. The van der Waals surface area contributed by atoms with E-state index in [1.807, 2.05) is 6.07 Å². The fourth-order valence-electron chi connectivity index (χ4n) is 7.72. The average Bonchev–Trinajstić information content (AvgIpc) is 3.55. The number of aromatic hydroxyl groups is 1. The predicted octanol–water partition coefficient (Wildman–Crippen LogP) is 2.36. The van der Waals surface area contributed by atoms with Gasteiger partial charge in [-0.15, -0.1) is 0 Å². The first-order valence-electron chi connectivity index (χ1n) is 13.1. The lowest BCUT2D eigenvalue weighted by Gasteiger charge is -2.59. The van der Waals surface area contributed by atoms with Crippen molar-refractivity contribution in [3.63, 3.8) is 0 Å². The van der Waals surface area contributed by atoms with Crippen molar-refractivity contribution >= 4 is 5.91 Å². The lowest BCUT2D eigenvalue weighted by Crippen LogP contribution is -2.69. The summed E-state index contributed by atoms with van der Waals surface area (Å²) in [6.07, 6.45) is 5.55. The molecule has 2 saturated heterocycles. The highest BCUT2D eigenvalue weighted by molar-refractivity contribution is 5.80. The normalized spacial score (nSPS) is 36.7. The highest BCUT2D eigenvalue weighted by Crippen LogP contribution is 2.62. The van der Waals surface area contributed by atoms with Crippen molar-refractivity contribution < 1.29 is 15.0 Å². The number of carbonyl (C=O) groups excluding carboxylic acids is 1. The third-order valence-electron chi connectivity index (χ3n) is 9.72. The Morgan fingerprint density at radius 3 is 2.58 bits per heavy atom. The molecule has 3 aliphatic carbocycles. The molecule has 1 aromatic rings. The van der Waals surface area contributed by atoms with Gasteiger partial charge in [0, 0.05) is 56.1 Å². The molecule has 33 heavy (non-hydrogen) atoms. The molecule has 6 heteroatoms. The predicted molar refractivity (Wildman–Crippen MR) is 127 cm³/mol. The molecule has 2 saturated carbocycles. The maximum atomic E-state index is 13.7. The molecule has 0 aromatic heterocycles. The number of phenols is 1. The molecule has 6 rings (SSSR count). The molecule has 180 valence electrons. The molecule has 1 aromatic carbocycles. The summed E-state index contributed by atoms with van der Waals surface area (Å²) in [6.45, 7) is 9.92. The highest BCUT2D eigenvalue weighted by atomic mass is 16.3. The van der Waals surface area contributed by atoms with E-state index in [2.05, 4.69) is 34.6 Å². The number of fused-ring (bicyclic) bond motifs is 1. The third-order valence-corrected chi connectivity index (χ3v) is 9.72. The van der Waals surface area contributed by atoms with Gasteiger partial charge in [-0.25, -0.2) is 0 Å². The zero-order valence-corrected chi connectivity index (χ0v) is 20.2. The summed E-state index contributed by atoms with van der Waals surface area (Å²) in [4.78, 5) is 20.8. The average molecular weight is 454 g/mol. The van der Waals surface area contributed by atoms with E-state index in [-0.39, 0.29) is 23.6 Å². The van der Waals surface area contributed by atoms with Crippen LogP contribution >= 0.6 is 0 Å². The van der Waals surface area contributed by atoms with Crippen molar-refractivity contribution in [3.05, 3.63) is 29.3 Å². The van der Waals surface area contributed by atoms with Crippen molar-refractivity contribution in [2.24, 2.45) is 11.8 Å². The number of hydrogen-bond donors (Lipinski definition) is 2. The van der Waals surface area contributed by atoms with Crippen molar-refractivity contribution in [1.29, 1.82) is 0 Å². The first-order chi connectivity index (χ1) is 15.8. The highest BCUT2D eigenvalue weighted by Gasteiger charge is 2.68. The second-order valence-electron chi connectivity index (χ2n) is 11.8. The van der Waals surface area contributed by atoms with Crippen LogP contribution in [-0.4, -0.2) is 87.8 Å². The van der Waals surface area contributed by atoms with Crippen LogP contribution < -0.4 is 0 Å². The number of aliphatic hydroxyl groups is 1. The van der Waals surface area contributed by atoms with E-state index < -0.39 is 11.0 Å². The SMILES string of the molecule is CC(C)N1CCN(C(=O)[C@@H]2C[C@]34CCN(CC5CC5)[C@H](Cc5ccc(O)cc53)[C@]4(O)C2)CC1. The van der Waals surface area contributed by atoms with Crippen molar-refractivity contribution in [3.8, 4) is 5.75 Å². The zero-order chi connectivity index (χ0) is 23.0. The van der Waals surface area contributed by atoms with Gasteiger partial charge in [-0.05, 0) is 88.1 Å². The van der Waals surface area contributed by atoms with Crippen molar-refractivity contribution in [2.75, 3.05) is 39.3 Å². The third kappa shape index (κ3) is 3.35. The minimum absolute atomic E-state index is 0.0690. The van der Waals surface area contributed by atoms with Gasteiger partial charge in [-0.1, -0.05) is 6.07 Å². The van der Waals surface area contributed by atoms with Crippen LogP contribution in [0.2, 0.25) is 0 Å². The summed E-state index contributed by atoms with van der Waals surface area (Å²) in [6, 6.07) is 6.31. The van der Waals surface area contributed by atoms with Gasteiger partial charge in [0.05, 0.1) is 5.60 Å².